The maximum absolute atomic E-state index is 12.2. The molecular weight excluding hydrogens is 434 g/mol. The molecule has 1 aromatic rings. The number of carboxylic acid groups (broad SMARTS) is 1. The fourth-order valence-corrected chi connectivity index (χ4v) is 3.27. The van der Waals surface area contributed by atoms with Gasteiger partial charge < -0.3 is 26.8 Å². The number of rotatable bonds is 16. The molecule has 1 atom stereocenters. The third-order valence-corrected chi connectivity index (χ3v) is 4.83. The lowest BCUT2D eigenvalue weighted by atomic mass is 10.1. The number of aryl methyl sites for hydroxylation is 2. The minimum absolute atomic E-state index is 0.0929. The number of guanidine groups is 1. The van der Waals surface area contributed by atoms with Gasteiger partial charge in [-0.3, -0.25) is 9.48 Å². The van der Waals surface area contributed by atoms with E-state index in [2.05, 4.69) is 20.3 Å². The van der Waals surface area contributed by atoms with Crippen LogP contribution in [-0.4, -0.2) is 81.4 Å². The van der Waals surface area contributed by atoms with E-state index in [0.29, 0.717) is 26.1 Å². The molecule has 0 saturated carbocycles. The molecule has 7 N–H and O–H groups in total. The van der Waals surface area contributed by atoms with Crippen molar-refractivity contribution in [1.29, 1.82) is 0 Å². The van der Waals surface area contributed by atoms with Crippen molar-refractivity contribution in [2.75, 3.05) is 32.7 Å². The first-order chi connectivity index (χ1) is 15.6. The van der Waals surface area contributed by atoms with E-state index in [4.69, 9.17) is 11.5 Å². The van der Waals surface area contributed by atoms with Gasteiger partial charge in [-0.1, -0.05) is 5.43 Å². The SMILES string of the molecule is Cc1cc(C)n(CCN(CCN)CCCC(=O)N[C@@H](CCCN=C(N)N[N+](=O)[O-])C(=O)O)n1. The maximum Gasteiger partial charge on any atom is 0.326 e. The molecule has 0 spiro atoms. The van der Waals surface area contributed by atoms with Crippen molar-refractivity contribution in [2.24, 2.45) is 16.5 Å². The molecule has 0 saturated heterocycles. The quantitative estimate of drug-likeness (QED) is 0.0655. The van der Waals surface area contributed by atoms with E-state index in [1.54, 1.807) is 5.43 Å². The van der Waals surface area contributed by atoms with Gasteiger partial charge >= 0.3 is 5.97 Å². The van der Waals surface area contributed by atoms with Gasteiger partial charge in [0, 0.05) is 38.3 Å². The van der Waals surface area contributed by atoms with Gasteiger partial charge in [-0.05, 0) is 45.7 Å². The van der Waals surface area contributed by atoms with Crippen molar-refractivity contribution in [3.05, 3.63) is 27.6 Å². The molecule has 0 aliphatic heterocycles. The maximum atomic E-state index is 12.2. The number of nitrogens with two attached hydrogens (primary N) is 2. The summed E-state index contributed by atoms with van der Waals surface area (Å²) >= 11 is 0. The van der Waals surface area contributed by atoms with Gasteiger partial charge in [0.05, 0.1) is 12.2 Å². The van der Waals surface area contributed by atoms with Crippen molar-refractivity contribution < 1.29 is 19.7 Å². The molecule has 0 radical (unpaired) electrons. The molecular formula is C19H35N9O5. The predicted molar refractivity (Wildman–Crippen MR) is 122 cm³/mol. The number of hydrazine groups is 1. The Morgan fingerprint density at radius 3 is 2.64 bits per heavy atom. The Morgan fingerprint density at radius 1 is 1.33 bits per heavy atom. The van der Waals surface area contributed by atoms with Crippen molar-refractivity contribution in [3.63, 3.8) is 0 Å². The summed E-state index contributed by atoms with van der Waals surface area (Å²) in [5.41, 5.74) is 14.7. The van der Waals surface area contributed by atoms with Gasteiger partial charge in [-0.25, -0.2) is 19.9 Å². The summed E-state index contributed by atoms with van der Waals surface area (Å²) in [6, 6.07) is 0.949. The Bertz CT molecular complexity index is 812. The van der Waals surface area contributed by atoms with Crippen LogP contribution in [0, 0.1) is 24.0 Å². The zero-order valence-electron chi connectivity index (χ0n) is 19.2. The number of hydrogen-bond acceptors (Lipinski definition) is 8. The summed E-state index contributed by atoms with van der Waals surface area (Å²) in [5, 5.41) is 25.7. The number of carbonyl (C=O) groups is 2. The van der Waals surface area contributed by atoms with Crippen molar-refractivity contribution >= 4 is 17.8 Å². The van der Waals surface area contributed by atoms with Crippen molar-refractivity contribution in [1.82, 2.24) is 25.4 Å². The van der Waals surface area contributed by atoms with Crippen LogP contribution in [0.15, 0.2) is 11.1 Å². The molecule has 0 aliphatic carbocycles. The van der Waals surface area contributed by atoms with Crippen LogP contribution in [0.2, 0.25) is 0 Å². The molecule has 1 amide bonds. The average molecular weight is 470 g/mol. The second kappa shape index (κ2) is 14.7. The van der Waals surface area contributed by atoms with Crippen LogP contribution in [0.4, 0.5) is 0 Å². The fraction of sp³-hybridized carbons (Fsp3) is 0.684. The number of aliphatic carboxylic acids is 1. The summed E-state index contributed by atoms with van der Waals surface area (Å²) < 4.78 is 1.94. The molecule has 0 bridgehead atoms. The smallest absolute Gasteiger partial charge is 0.326 e. The van der Waals surface area contributed by atoms with E-state index in [1.165, 1.54) is 0 Å². The van der Waals surface area contributed by atoms with E-state index in [9.17, 15) is 24.8 Å². The summed E-state index contributed by atoms with van der Waals surface area (Å²) in [4.78, 5) is 39.8. The van der Waals surface area contributed by atoms with Crippen LogP contribution >= 0.6 is 0 Å². The fourth-order valence-electron chi connectivity index (χ4n) is 3.27. The first-order valence-corrected chi connectivity index (χ1v) is 10.8. The summed E-state index contributed by atoms with van der Waals surface area (Å²) in [5.74, 6) is -1.87. The number of carbonyl (C=O) groups excluding carboxylic acids is 1. The van der Waals surface area contributed by atoms with Gasteiger partial charge in [0.2, 0.25) is 5.91 Å². The second-order valence-corrected chi connectivity index (χ2v) is 7.62. The lowest BCUT2D eigenvalue weighted by molar-refractivity contribution is -0.525. The van der Waals surface area contributed by atoms with Gasteiger partial charge in [-0.2, -0.15) is 5.10 Å². The third-order valence-electron chi connectivity index (χ3n) is 4.83. The van der Waals surface area contributed by atoms with E-state index >= 15 is 0 Å². The number of aromatic nitrogens is 2. The average Bonchev–Trinajstić information content (AvgIpc) is 3.04. The zero-order valence-corrected chi connectivity index (χ0v) is 19.2. The standard InChI is InChI=1S/C19H35N9O5/c1-14-13-15(2)27(24-14)12-11-26(10-7-20)9-4-6-17(29)23-16(18(30)31)5-3-8-22-19(21)25-28(32)33/h13,16H,3-12,20H2,1-2H3,(H,23,29)(H,30,31)(H3,21,22,25)/t16-/m0/s1. The minimum atomic E-state index is -1.15. The molecule has 0 aliphatic rings. The van der Waals surface area contributed by atoms with Gasteiger partial charge in [0.15, 0.2) is 5.03 Å². The Balaban J connectivity index is 2.40. The Morgan fingerprint density at radius 2 is 2.06 bits per heavy atom. The monoisotopic (exact) mass is 469 g/mol. The van der Waals surface area contributed by atoms with E-state index in [0.717, 1.165) is 24.5 Å². The lowest BCUT2D eigenvalue weighted by Crippen LogP contribution is -2.41. The number of carboxylic acids is 1. The number of aliphatic imine (C=N–C) groups is 1. The molecule has 1 rings (SSSR count). The highest BCUT2D eigenvalue weighted by Crippen LogP contribution is 2.04. The van der Waals surface area contributed by atoms with Gasteiger partial charge in [-0.15, -0.1) is 0 Å². The van der Waals surface area contributed by atoms with E-state index in [-0.39, 0.29) is 37.7 Å². The van der Waals surface area contributed by atoms with Gasteiger partial charge in [0.25, 0.3) is 5.96 Å². The van der Waals surface area contributed by atoms with Crippen LogP contribution in [0.5, 0.6) is 0 Å². The van der Waals surface area contributed by atoms with E-state index in [1.807, 2.05) is 24.6 Å². The predicted octanol–water partition coefficient (Wildman–Crippen LogP) is -1.01. The molecule has 0 aromatic carbocycles. The normalized spacial score (nSPS) is 12.5. The van der Waals surface area contributed by atoms with Crippen LogP contribution in [-0.2, 0) is 16.1 Å². The molecule has 33 heavy (non-hydrogen) atoms. The molecule has 1 heterocycles. The molecule has 14 heteroatoms. The Kier molecular flexibility index (Phi) is 12.4. The summed E-state index contributed by atoms with van der Waals surface area (Å²) in [6.07, 6.45) is 1.15. The van der Waals surface area contributed by atoms with Crippen molar-refractivity contribution in [3.8, 4) is 0 Å². The van der Waals surface area contributed by atoms with Crippen LogP contribution in [0.25, 0.3) is 0 Å². The molecule has 186 valence electrons. The lowest BCUT2D eigenvalue weighted by Gasteiger charge is -2.22. The zero-order chi connectivity index (χ0) is 24.8. The van der Waals surface area contributed by atoms with Crippen LogP contribution in [0.3, 0.4) is 0 Å². The number of hydrogen-bond donors (Lipinski definition) is 5. The van der Waals surface area contributed by atoms with Crippen LogP contribution in [0.1, 0.15) is 37.1 Å². The number of nitrogens with one attached hydrogen (secondary N) is 2. The summed E-state index contributed by atoms with van der Waals surface area (Å²) in [7, 11) is 0. The number of nitrogens with zero attached hydrogens (tertiary/aromatic N) is 5. The number of nitro groups is 1. The molecule has 14 nitrogen and oxygen atoms in total. The third kappa shape index (κ3) is 11.8. The highest BCUT2D eigenvalue weighted by molar-refractivity contribution is 5.83. The van der Waals surface area contributed by atoms with Crippen molar-refractivity contribution in [2.45, 2.75) is 52.1 Å². The first kappa shape index (κ1) is 27.8. The number of amides is 1. The van der Waals surface area contributed by atoms with E-state index < -0.39 is 17.0 Å². The Labute approximate surface area is 192 Å². The van der Waals surface area contributed by atoms with Crippen LogP contribution < -0.4 is 22.2 Å². The molecule has 1 aromatic heterocycles. The summed E-state index contributed by atoms with van der Waals surface area (Å²) in [6.45, 7) is 7.34. The largest absolute Gasteiger partial charge is 0.480 e. The second-order valence-electron chi connectivity index (χ2n) is 7.62. The highest BCUT2D eigenvalue weighted by Gasteiger charge is 2.19. The topological polar surface area (TPSA) is 207 Å². The highest BCUT2D eigenvalue weighted by atomic mass is 16.7. The first-order valence-electron chi connectivity index (χ1n) is 10.8. The Hall–Kier alpha value is -3.26. The minimum Gasteiger partial charge on any atom is -0.480 e. The van der Waals surface area contributed by atoms with Gasteiger partial charge in [0.1, 0.15) is 6.04 Å². The molecule has 0 fully saturated rings. The molecule has 0 unspecified atom stereocenters.